The molecule has 0 saturated heterocycles. The molecule has 0 fully saturated rings. The summed E-state index contributed by atoms with van der Waals surface area (Å²) in [4.78, 5) is 16.6. The van der Waals surface area contributed by atoms with Crippen molar-refractivity contribution in [3.63, 3.8) is 0 Å². The van der Waals surface area contributed by atoms with Gasteiger partial charge in [-0.15, -0.1) is 11.3 Å². The number of benzene rings is 1. The summed E-state index contributed by atoms with van der Waals surface area (Å²) in [6, 6.07) is 7.49. The Kier molecular flexibility index (Phi) is 5.37. The van der Waals surface area contributed by atoms with Crippen LogP contribution in [0.3, 0.4) is 0 Å². The average molecular weight is 374 g/mol. The maximum absolute atomic E-state index is 12.9. The predicted molar refractivity (Wildman–Crippen MR) is 103 cm³/mol. The van der Waals surface area contributed by atoms with Gasteiger partial charge in [0.1, 0.15) is 10.6 Å². The van der Waals surface area contributed by atoms with Crippen LogP contribution in [0.25, 0.3) is 10.1 Å². The van der Waals surface area contributed by atoms with E-state index < -0.39 is 0 Å². The summed E-state index contributed by atoms with van der Waals surface area (Å²) in [5, 5.41) is 3.90. The number of nitrogens with one attached hydrogen (secondary N) is 2. The van der Waals surface area contributed by atoms with Gasteiger partial charge in [0.15, 0.2) is 11.5 Å². The first-order valence-electron chi connectivity index (χ1n) is 8.29. The van der Waals surface area contributed by atoms with Gasteiger partial charge in [-0.05, 0) is 24.6 Å². The third kappa shape index (κ3) is 3.22. The zero-order valence-corrected chi connectivity index (χ0v) is 16.0. The van der Waals surface area contributed by atoms with Gasteiger partial charge >= 0.3 is 0 Å². The Balaban J connectivity index is 1.99. The Labute approximate surface area is 156 Å². The molecule has 0 aliphatic heterocycles. The van der Waals surface area contributed by atoms with Gasteiger partial charge in [0.05, 0.1) is 27.4 Å². The second kappa shape index (κ2) is 7.70. The van der Waals surface area contributed by atoms with Crippen molar-refractivity contribution in [2.75, 3.05) is 21.3 Å². The molecule has 138 valence electrons. The molecule has 0 aliphatic rings. The SMILES string of the molecule is CCC(NC(=O)c1sc2cc(OC)c(OC)cc2c1OC)c1ccc[nH]1. The lowest BCUT2D eigenvalue weighted by Crippen LogP contribution is -2.28. The summed E-state index contributed by atoms with van der Waals surface area (Å²) in [6.07, 6.45) is 2.63. The zero-order chi connectivity index (χ0) is 18.7. The molecular formula is C19H22N2O4S. The Morgan fingerprint density at radius 1 is 1.19 bits per heavy atom. The number of hydrogen-bond donors (Lipinski definition) is 2. The van der Waals surface area contributed by atoms with E-state index in [4.69, 9.17) is 14.2 Å². The number of amides is 1. The van der Waals surface area contributed by atoms with Crippen LogP contribution in [0.15, 0.2) is 30.5 Å². The van der Waals surface area contributed by atoms with Crippen molar-refractivity contribution >= 4 is 27.3 Å². The highest BCUT2D eigenvalue weighted by Gasteiger charge is 2.23. The molecule has 6 nitrogen and oxygen atoms in total. The van der Waals surface area contributed by atoms with E-state index in [1.807, 2.05) is 37.4 Å². The van der Waals surface area contributed by atoms with E-state index in [9.17, 15) is 4.79 Å². The van der Waals surface area contributed by atoms with Crippen molar-refractivity contribution in [2.24, 2.45) is 0 Å². The quantitative estimate of drug-likeness (QED) is 0.652. The standard InChI is InChI=1S/C19H22N2O4S/c1-5-12(13-7-6-8-20-13)21-19(22)18-17(25-4)11-9-14(23-2)15(24-3)10-16(11)26-18/h6-10,12,20H,5H2,1-4H3,(H,21,22). The lowest BCUT2D eigenvalue weighted by molar-refractivity contribution is 0.0936. The van der Waals surface area contributed by atoms with E-state index in [1.165, 1.54) is 11.3 Å². The molecule has 1 unspecified atom stereocenters. The zero-order valence-electron chi connectivity index (χ0n) is 15.2. The van der Waals surface area contributed by atoms with Gasteiger partial charge in [0.25, 0.3) is 5.91 Å². The van der Waals surface area contributed by atoms with Gasteiger partial charge in [-0.2, -0.15) is 0 Å². The molecule has 0 radical (unpaired) electrons. The first kappa shape index (κ1) is 18.1. The topological polar surface area (TPSA) is 72.6 Å². The summed E-state index contributed by atoms with van der Waals surface area (Å²) < 4.78 is 17.2. The van der Waals surface area contributed by atoms with E-state index >= 15 is 0 Å². The molecule has 26 heavy (non-hydrogen) atoms. The summed E-state index contributed by atoms with van der Waals surface area (Å²) in [7, 11) is 4.74. The monoisotopic (exact) mass is 374 g/mol. The Bertz CT molecular complexity index is 902. The molecule has 2 heterocycles. The van der Waals surface area contributed by atoms with E-state index in [0.717, 1.165) is 22.2 Å². The number of aromatic amines is 1. The third-order valence-electron chi connectivity index (χ3n) is 4.27. The summed E-state index contributed by atoms with van der Waals surface area (Å²) >= 11 is 1.37. The van der Waals surface area contributed by atoms with E-state index in [-0.39, 0.29) is 11.9 Å². The van der Waals surface area contributed by atoms with Crippen molar-refractivity contribution in [1.29, 1.82) is 0 Å². The molecular weight excluding hydrogens is 352 g/mol. The molecule has 3 rings (SSSR count). The highest BCUT2D eigenvalue weighted by Crippen LogP contribution is 2.43. The van der Waals surface area contributed by atoms with Crippen LogP contribution in [0.2, 0.25) is 0 Å². The number of methoxy groups -OCH3 is 3. The van der Waals surface area contributed by atoms with Crippen molar-refractivity contribution in [3.8, 4) is 17.2 Å². The van der Waals surface area contributed by atoms with E-state index in [1.54, 1.807) is 21.3 Å². The van der Waals surface area contributed by atoms with E-state index in [2.05, 4.69) is 10.3 Å². The molecule has 0 aliphatic carbocycles. The average Bonchev–Trinajstić information content (AvgIpc) is 3.31. The molecule has 0 bridgehead atoms. The smallest absolute Gasteiger partial charge is 0.265 e. The number of carbonyl (C=O) groups is 1. The number of rotatable bonds is 7. The predicted octanol–water partition coefficient (Wildman–Crippen LogP) is 4.14. The summed E-state index contributed by atoms with van der Waals surface area (Å²) in [5.41, 5.74) is 0.976. The minimum Gasteiger partial charge on any atom is -0.494 e. The highest BCUT2D eigenvalue weighted by molar-refractivity contribution is 7.21. The Morgan fingerprint density at radius 3 is 2.50 bits per heavy atom. The molecule has 0 saturated carbocycles. The molecule has 1 atom stereocenters. The fourth-order valence-electron chi connectivity index (χ4n) is 2.94. The van der Waals surface area contributed by atoms with E-state index in [0.29, 0.717) is 22.1 Å². The number of thiophene rings is 1. The first-order chi connectivity index (χ1) is 12.6. The van der Waals surface area contributed by atoms with Crippen molar-refractivity contribution in [2.45, 2.75) is 19.4 Å². The van der Waals surface area contributed by atoms with Crippen LogP contribution in [-0.4, -0.2) is 32.2 Å². The van der Waals surface area contributed by atoms with Gasteiger partial charge in [-0.1, -0.05) is 6.92 Å². The molecule has 1 amide bonds. The summed E-state index contributed by atoms with van der Waals surface area (Å²) in [5.74, 6) is 1.60. The molecule has 2 N–H and O–H groups in total. The number of hydrogen-bond acceptors (Lipinski definition) is 5. The molecule has 7 heteroatoms. The number of ether oxygens (including phenoxy) is 3. The molecule has 2 aromatic heterocycles. The van der Waals surface area contributed by atoms with Gasteiger partial charge in [-0.25, -0.2) is 0 Å². The summed E-state index contributed by atoms with van der Waals surface area (Å²) in [6.45, 7) is 2.03. The first-order valence-corrected chi connectivity index (χ1v) is 9.11. The maximum atomic E-state index is 12.9. The van der Waals surface area contributed by atoms with Crippen molar-refractivity contribution in [3.05, 3.63) is 41.0 Å². The molecule has 3 aromatic rings. The van der Waals surface area contributed by atoms with Crippen LogP contribution < -0.4 is 19.5 Å². The Morgan fingerprint density at radius 2 is 1.92 bits per heavy atom. The number of H-pyrrole nitrogens is 1. The number of aromatic nitrogens is 1. The van der Waals surface area contributed by atoms with Gasteiger partial charge < -0.3 is 24.5 Å². The molecule has 1 aromatic carbocycles. The number of carbonyl (C=O) groups excluding carboxylic acids is 1. The number of fused-ring (bicyclic) bond motifs is 1. The van der Waals surface area contributed by atoms with Crippen molar-refractivity contribution in [1.82, 2.24) is 10.3 Å². The second-order valence-corrected chi connectivity index (χ2v) is 6.78. The normalized spacial score (nSPS) is 12.0. The van der Waals surface area contributed by atoms with Gasteiger partial charge in [0.2, 0.25) is 0 Å². The van der Waals surface area contributed by atoms with Crippen LogP contribution in [-0.2, 0) is 0 Å². The van der Waals surface area contributed by atoms with Gasteiger partial charge in [0, 0.05) is 28.0 Å². The second-order valence-electron chi connectivity index (χ2n) is 5.73. The van der Waals surface area contributed by atoms with Crippen LogP contribution in [0.4, 0.5) is 0 Å². The maximum Gasteiger partial charge on any atom is 0.265 e. The highest BCUT2D eigenvalue weighted by atomic mass is 32.1. The lowest BCUT2D eigenvalue weighted by atomic mass is 10.1. The Hall–Kier alpha value is -2.67. The lowest BCUT2D eigenvalue weighted by Gasteiger charge is -2.15. The van der Waals surface area contributed by atoms with Crippen LogP contribution >= 0.6 is 11.3 Å². The third-order valence-corrected chi connectivity index (χ3v) is 5.40. The molecule has 0 spiro atoms. The fourth-order valence-corrected chi connectivity index (χ4v) is 4.02. The van der Waals surface area contributed by atoms with Crippen LogP contribution in [0, 0.1) is 0 Å². The largest absolute Gasteiger partial charge is 0.494 e. The minimum absolute atomic E-state index is 0.0866. The van der Waals surface area contributed by atoms with Crippen LogP contribution in [0.5, 0.6) is 17.2 Å². The van der Waals surface area contributed by atoms with Crippen LogP contribution in [0.1, 0.15) is 34.8 Å². The van der Waals surface area contributed by atoms with Gasteiger partial charge in [-0.3, -0.25) is 4.79 Å². The fraction of sp³-hybridized carbons (Fsp3) is 0.316. The minimum atomic E-state index is -0.164. The van der Waals surface area contributed by atoms with Crippen molar-refractivity contribution < 1.29 is 19.0 Å².